The number of halogens is 6. The van der Waals surface area contributed by atoms with Gasteiger partial charge in [-0.05, 0) is 29.3 Å². The highest BCUT2D eigenvalue weighted by molar-refractivity contribution is 5.85. The van der Waals surface area contributed by atoms with Gasteiger partial charge in [-0.2, -0.15) is 26.3 Å². The summed E-state index contributed by atoms with van der Waals surface area (Å²) in [7, 11) is 0. The minimum absolute atomic E-state index is 0.0429. The van der Waals surface area contributed by atoms with Gasteiger partial charge in [0.05, 0.1) is 24.5 Å². The van der Waals surface area contributed by atoms with E-state index < -0.39 is 67.0 Å². The van der Waals surface area contributed by atoms with Crippen molar-refractivity contribution in [2.45, 2.75) is 63.1 Å². The quantitative estimate of drug-likeness (QED) is 0.0632. The highest BCUT2D eigenvalue weighted by Crippen LogP contribution is 2.35. The lowest BCUT2D eigenvalue weighted by molar-refractivity contribution is -0.271. The lowest BCUT2D eigenvalue weighted by atomic mass is 9.96. The fraction of sp³-hybridized carbons (Fsp3) is 0.289. The van der Waals surface area contributed by atoms with Gasteiger partial charge in [0.2, 0.25) is 6.29 Å². The first kappa shape index (κ1) is 38.2. The van der Waals surface area contributed by atoms with Crippen LogP contribution in [0.25, 0.3) is 0 Å². The summed E-state index contributed by atoms with van der Waals surface area (Å²) in [5.74, 6) is -2.42. The summed E-state index contributed by atoms with van der Waals surface area (Å²) in [6.07, 6.45) is -14.8. The number of para-hydroxylation sites is 1. The molecule has 1 heterocycles. The number of hydrogen-bond acceptors (Lipinski definition) is 8. The molecule has 4 aromatic carbocycles. The zero-order valence-corrected chi connectivity index (χ0v) is 27.7. The molecule has 1 aliphatic rings. The number of ether oxygens (including phenoxy) is 5. The van der Waals surface area contributed by atoms with Crippen molar-refractivity contribution >= 4 is 23.8 Å². The molecule has 5 rings (SSSR count). The minimum Gasteiger partial charge on any atom is -0.463 e. The Morgan fingerprint density at radius 2 is 1.29 bits per heavy atom. The third-order valence-electron chi connectivity index (χ3n) is 7.75. The van der Waals surface area contributed by atoms with E-state index in [0.29, 0.717) is 11.1 Å². The van der Waals surface area contributed by atoms with Gasteiger partial charge < -0.3 is 23.7 Å². The maximum atomic E-state index is 14.5. The Bertz CT molecular complexity index is 1790. The Balaban J connectivity index is 1.62. The smallest absolute Gasteiger partial charge is 0.463 e. The summed E-state index contributed by atoms with van der Waals surface area (Å²) in [6, 6.07) is 27.8. The summed E-state index contributed by atoms with van der Waals surface area (Å²) in [6.45, 7) is 0.488. The van der Waals surface area contributed by atoms with Crippen molar-refractivity contribution in [2.75, 3.05) is 6.61 Å². The van der Waals surface area contributed by atoms with Crippen LogP contribution in [0.3, 0.4) is 0 Å². The van der Waals surface area contributed by atoms with E-state index in [-0.39, 0.29) is 24.5 Å². The summed E-state index contributed by atoms with van der Waals surface area (Å²) in [5.41, 5.74) is -0.115. The Morgan fingerprint density at radius 3 is 1.85 bits per heavy atom. The number of nitrogens with zero attached hydrogens (tertiary/aromatic N) is 2. The topological polar surface area (TPSA) is 87.9 Å². The van der Waals surface area contributed by atoms with Gasteiger partial charge in [0.25, 0.3) is 5.90 Å². The normalized spacial score (nSPS) is 21.2. The van der Waals surface area contributed by atoms with Gasteiger partial charge in [-0.3, -0.25) is 9.79 Å². The van der Waals surface area contributed by atoms with Crippen LogP contribution in [0, 0.1) is 0 Å². The second-order valence-electron chi connectivity index (χ2n) is 11.6. The molecule has 4 aromatic rings. The lowest BCUT2D eigenvalue weighted by Crippen LogP contribution is -2.61. The maximum absolute atomic E-state index is 14.5. The largest absolute Gasteiger partial charge is 0.468 e. The number of alkyl halides is 6. The number of esters is 1. The molecule has 52 heavy (non-hydrogen) atoms. The Labute approximate surface area is 295 Å². The van der Waals surface area contributed by atoms with Gasteiger partial charge in [-0.1, -0.05) is 97.1 Å². The molecule has 0 N–H and O–H groups in total. The molecule has 14 heteroatoms. The number of benzene rings is 4. The van der Waals surface area contributed by atoms with Crippen LogP contribution in [-0.2, 0) is 47.9 Å². The molecule has 1 fully saturated rings. The molecule has 1 aliphatic heterocycles. The molecule has 1 saturated heterocycles. The van der Waals surface area contributed by atoms with E-state index in [1.54, 1.807) is 66.7 Å². The van der Waals surface area contributed by atoms with E-state index in [1.165, 1.54) is 36.4 Å². The second kappa shape index (κ2) is 17.4. The van der Waals surface area contributed by atoms with Crippen molar-refractivity contribution in [2.24, 2.45) is 9.98 Å². The zero-order valence-electron chi connectivity index (χ0n) is 27.7. The van der Waals surface area contributed by atoms with Crippen molar-refractivity contribution in [3.8, 4) is 0 Å². The summed E-state index contributed by atoms with van der Waals surface area (Å²) in [4.78, 5) is 20.0. The van der Waals surface area contributed by atoms with Crippen LogP contribution >= 0.6 is 0 Å². The number of aliphatic imine (C=N–C) groups is 2. The van der Waals surface area contributed by atoms with E-state index >= 15 is 0 Å². The Kier molecular flexibility index (Phi) is 12.8. The molecule has 0 aromatic heterocycles. The first-order valence-electron chi connectivity index (χ1n) is 16.1. The van der Waals surface area contributed by atoms with Crippen LogP contribution in [0.5, 0.6) is 0 Å². The van der Waals surface area contributed by atoms with E-state index in [0.717, 1.165) is 25.3 Å². The molecule has 0 spiro atoms. The van der Waals surface area contributed by atoms with Gasteiger partial charge in [0.1, 0.15) is 31.0 Å². The summed E-state index contributed by atoms with van der Waals surface area (Å²) < 4.78 is 115. The number of carbonyl (C=O) groups excluding carboxylic acids is 1. The van der Waals surface area contributed by atoms with Crippen LogP contribution in [0.15, 0.2) is 125 Å². The second-order valence-corrected chi connectivity index (χ2v) is 11.6. The number of rotatable bonds is 12. The first-order chi connectivity index (χ1) is 24.9. The van der Waals surface area contributed by atoms with Crippen LogP contribution < -0.4 is 0 Å². The monoisotopic (exact) mass is 728 g/mol. The fourth-order valence-electron chi connectivity index (χ4n) is 5.33. The molecule has 0 saturated carbocycles. The van der Waals surface area contributed by atoms with Gasteiger partial charge in [0.15, 0.2) is 0 Å². The van der Waals surface area contributed by atoms with Crippen molar-refractivity contribution in [3.63, 3.8) is 0 Å². The maximum Gasteiger partial charge on any atom is 0.468 e. The third kappa shape index (κ3) is 10.7. The third-order valence-corrected chi connectivity index (χ3v) is 7.75. The van der Waals surface area contributed by atoms with Gasteiger partial charge in [-0.25, -0.2) is 4.99 Å². The molecule has 0 radical (unpaired) electrons. The average molecular weight is 729 g/mol. The predicted octanol–water partition coefficient (Wildman–Crippen LogP) is 8.26. The highest BCUT2D eigenvalue weighted by atomic mass is 19.4. The lowest BCUT2D eigenvalue weighted by Gasteiger charge is -2.44. The van der Waals surface area contributed by atoms with Crippen LogP contribution in [-0.4, -0.2) is 61.5 Å². The van der Waals surface area contributed by atoms with E-state index in [4.69, 9.17) is 23.7 Å². The van der Waals surface area contributed by atoms with Crippen molar-refractivity contribution in [3.05, 3.63) is 138 Å². The molecular formula is C38H34F6N2O6. The first-order valence-corrected chi connectivity index (χ1v) is 16.1. The molecule has 0 unspecified atom stereocenters. The predicted molar refractivity (Wildman–Crippen MR) is 179 cm³/mol. The van der Waals surface area contributed by atoms with Gasteiger partial charge in [0, 0.05) is 18.7 Å². The van der Waals surface area contributed by atoms with E-state index in [2.05, 4.69) is 9.98 Å². The fourth-order valence-corrected chi connectivity index (χ4v) is 5.33. The van der Waals surface area contributed by atoms with E-state index in [9.17, 15) is 31.1 Å². The number of carbonyl (C=O) groups is 1. The zero-order chi connectivity index (χ0) is 37.1. The number of hydrogen-bond donors (Lipinski definition) is 0. The highest BCUT2D eigenvalue weighted by Gasteiger charge is 2.52. The minimum atomic E-state index is -5.15. The van der Waals surface area contributed by atoms with Crippen molar-refractivity contribution in [1.29, 1.82) is 0 Å². The summed E-state index contributed by atoms with van der Waals surface area (Å²) in [5, 5.41) is 0. The molecule has 0 bridgehead atoms. The molecule has 8 nitrogen and oxygen atoms in total. The molecule has 0 amide bonds. The van der Waals surface area contributed by atoms with Gasteiger partial charge >= 0.3 is 18.3 Å². The molecule has 5 atom stereocenters. The average Bonchev–Trinajstić information content (AvgIpc) is 3.12. The SMILES string of the molecule is CC(=O)OC[C@H]1O[C@@H](OC(=Nc2ccccc2)C(F)(F)F)[C@H](N=Cc2ccccc2C(F)(F)F)[C@@H](OCc2ccccc2)[C@@H]1OCc1ccccc1. The summed E-state index contributed by atoms with van der Waals surface area (Å²) >= 11 is 0. The van der Waals surface area contributed by atoms with Crippen molar-refractivity contribution in [1.82, 2.24) is 0 Å². The Hall–Kier alpha value is -5.05. The van der Waals surface area contributed by atoms with Crippen LogP contribution in [0.1, 0.15) is 29.2 Å². The van der Waals surface area contributed by atoms with Crippen LogP contribution in [0.2, 0.25) is 0 Å². The molecular weight excluding hydrogens is 694 g/mol. The Morgan fingerprint density at radius 1 is 0.750 bits per heavy atom. The molecule has 0 aliphatic carbocycles. The van der Waals surface area contributed by atoms with Crippen molar-refractivity contribution < 1.29 is 54.8 Å². The van der Waals surface area contributed by atoms with E-state index in [1.807, 2.05) is 0 Å². The van der Waals surface area contributed by atoms with Gasteiger partial charge in [-0.15, -0.1) is 0 Å². The van der Waals surface area contributed by atoms with Crippen LogP contribution in [0.4, 0.5) is 32.0 Å². The molecule has 274 valence electrons. The standard InChI is InChI=1S/C38H34F6N2O6/c1-25(47)48-24-31-33(49-22-26-13-5-2-6-14-26)34(50-23-27-15-7-3-8-16-27)32(45-21-28-17-11-12-20-30(28)37(39,40)41)35(51-31)52-36(38(42,43)44)46-29-18-9-4-10-19-29/h2-21,31-35H,22-24H2,1H3/t31-,32-,33-,34-,35+/m1/s1.